The van der Waals surface area contributed by atoms with Gasteiger partial charge in [-0.25, -0.2) is 9.79 Å². The number of benzene rings is 1. The van der Waals surface area contributed by atoms with Crippen molar-refractivity contribution in [1.82, 2.24) is 15.6 Å². The number of anilines is 1. The Morgan fingerprint density at radius 1 is 1.29 bits per heavy atom. The fraction of sp³-hybridized carbons (Fsp3) is 0.320. The highest BCUT2D eigenvalue weighted by Crippen LogP contribution is 2.21. The molecule has 164 valence electrons. The van der Waals surface area contributed by atoms with Crippen molar-refractivity contribution >= 4 is 17.4 Å². The Kier molecular flexibility index (Phi) is 9.49. The summed E-state index contributed by atoms with van der Waals surface area (Å²) in [4.78, 5) is 20.9. The van der Waals surface area contributed by atoms with Crippen LogP contribution in [0.5, 0.6) is 0 Å². The molecular weight excluding hydrogens is 386 g/mol. The van der Waals surface area contributed by atoms with Crippen molar-refractivity contribution in [3.63, 3.8) is 0 Å². The molecule has 0 bridgehead atoms. The first-order valence-corrected chi connectivity index (χ1v) is 10.7. The zero-order valence-corrected chi connectivity index (χ0v) is 18.9. The van der Waals surface area contributed by atoms with E-state index < -0.39 is 0 Å². The number of urea groups is 1. The Balaban J connectivity index is 2.24. The first kappa shape index (κ1) is 23.9. The van der Waals surface area contributed by atoms with Crippen molar-refractivity contribution in [2.45, 2.75) is 46.6 Å². The third-order valence-corrected chi connectivity index (χ3v) is 4.80. The maximum Gasteiger partial charge on any atom is 0.319 e. The molecule has 0 saturated carbocycles. The summed E-state index contributed by atoms with van der Waals surface area (Å²) in [6.45, 7) is 12.5. The van der Waals surface area contributed by atoms with Crippen molar-refractivity contribution in [2.24, 2.45) is 4.99 Å². The number of carbonyl (C=O) groups is 1. The molecule has 2 amide bonds. The molecule has 6 nitrogen and oxygen atoms in total. The van der Waals surface area contributed by atoms with Gasteiger partial charge in [-0.2, -0.15) is 0 Å². The van der Waals surface area contributed by atoms with Gasteiger partial charge in [-0.05, 0) is 68.7 Å². The lowest BCUT2D eigenvalue weighted by atomic mass is 10.0. The van der Waals surface area contributed by atoms with Crippen LogP contribution in [0.4, 0.5) is 10.5 Å². The number of pyridine rings is 1. The van der Waals surface area contributed by atoms with E-state index in [1.165, 1.54) is 0 Å². The minimum atomic E-state index is -0.214. The third kappa shape index (κ3) is 7.10. The topological polar surface area (TPSA) is 78.4 Å². The molecule has 0 spiro atoms. The second-order valence-corrected chi connectivity index (χ2v) is 7.16. The highest BCUT2D eigenvalue weighted by molar-refractivity contribution is 6.09. The van der Waals surface area contributed by atoms with Crippen LogP contribution in [0.15, 0.2) is 72.3 Å². The van der Waals surface area contributed by atoms with Crippen LogP contribution in [0.2, 0.25) is 0 Å². The van der Waals surface area contributed by atoms with E-state index >= 15 is 0 Å². The van der Waals surface area contributed by atoms with Gasteiger partial charge in [0.25, 0.3) is 0 Å². The molecule has 6 heteroatoms. The number of amides is 2. The van der Waals surface area contributed by atoms with Crippen LogP contribution in [0.3, 0.4) is 0 Å². The van der Waals surface area contributed by atoms with Crippen molar-refractivity contribution in [3.8, 4) is 0 Å². The van der Waals surface area contributed by atoms with Crippen molar-refractivity contribution in [3.05, 3.63) is 84.0 Å². The van der Waals surface area contributed by atoms with Crippen LogP contribution in [-0.4, -0.2) is 23.3 Å². The van der Waals surface area contributed by atoms with E-state index in [1.54, 1.807) is 12.3 Å². The Labute approximate surface area is 185 Å². The lowest BCUT2D eigenvalue weighted by Gasteiger charge is -2.20. The van der Waals surface area contributed by atoms with E-state index in [4.69, 9.17) is 4.99 Å². The summed E-state index contributed by atoms with van der Waals surface area (Å²) < 4.78 is 0. The number of aryl methyl sites for hydroxylation is 1. The van der Waals surface area contributed by atoms with Crippen LogP contribution in [0, 0.1) is 6.92 Å². The van der Waals surface area contributed by atoms with E-state index in [9.17, 15) is 4.79 Å². The predicted molar refractivity (Wildman–Crippen MR) is 129 cm³/mol. The van der Waals surface area contributed by atoms with E-state index in [1.807, 2.05) is 57.3 Å². The fourth-order valence-corrected chi connectivity index (χ4v) is 3.20. The highest BCUT2D eigenvalue weighted by atomic mass is 16.2. The summed E-state index contributed by atoms with van der Waals surface area (Å²) >= 11 is 0. The summed E-state index contributed by atoms with van der Waals surface area (Å²) in [6.07, 6.45) is 9.39. The van der Waals surface area contributed by atoms with Crippen molar-refractivity contribution in [1.29, 1.82) is 0 Å². The van der Waals surface area contributed by atoms with Crippen LogP contribution in [-0.2, 0) is 0 Å². The molecule has 1 unspecified atom stereocenters. The SMILES string of the molecule is C=C/C(=N\C(=C/C)NC(CCC)c1cccnc1)c1ccc(NC(=O)NCC)c(C)c1. The summed E-state index contributed by atoms with van der Waals surface area (Å²) in [6, 6.07) is 9.77. The van der Waals surface area contributed by atoms with Gasteiger partial charge in [0.1, 0.15) is 5.82 Å². The minimum Gasteiger partial charge on any atom is -0.363 e. The van der Waals surface area contributed by atoms with E-state index in [0.29, 0.717) is 6.54 Å². The molecule has 1 aromatic carbocycles. The zero-order valence-electron chi connectivity index (χ0n) is 18.9. The second kappa shape index (κ2) is 12.3. The number of nitrogens with one attached hydrogen (secondary N) is 3. The van der Waals surface area contributed by atoms with E-state index in [0.717, 1.165) is 46.8 Å². The van der Waals surface area contributed by atoms with Crippen LogP contribution < -0.4 is 16.0 Å². The fourth-order valence-electron chi connectivity index (χ4n) is 3.20. The van der Waals surface area contributed by atoms with Crippen LogP contribution in [0.1, 0.15) is 56.3 Å². The first-order valence-electron chi connectivity index (χ1n) is 10.7. The number of aromatic nitrogens is 1. The van der Waals surface area contributed by atoms with E-state index in [-0.39, 0.29) is 12.1 Å². The number of nitrogens with zero attached hydrogens (tertiary/aromatic N) is 2. The summed E-state index contributed by atoms with van der Waals surface area (Å²) in [5.74, 6) is 0.777. The quantitative estimate of drug-likeness (QED) is 0.445. The van der Waals surface area contributed by atoms with Gasteiger partial charge in [-0.3, -0.25) is 4.98 Å². The lowest BCUT2D eigenvalue weighted by Crippen LogP contribution is -2.28. The van der Waals surface area contributed by atoms with Gasteiger partial charge in [-0.1, -0.05) is 32.1 Å². The Hall–Kier alpha value is -3.41. The molecule has 31 heavy (non-hydrogen) atoms. The van der Waals surface area contributed by atoms with Gasteiger partial charge in [0.05, 0.1) is 11.8 Å². The molecule has 1 heterocycles. The normalized spacial score (nSPS) is 12.8. The summed E-state index contributed by atoms with van der Waals surface area (Å²) in [5.41, 5.74) is 4.54. The molecule has 0 aliphatic heterocycles. The molecule has 0 aliphatic rings. The molecule has 0 aliphatic carbocycles. The average molecular weight is 420 g/mol. The van der Waals surface area contributed by atoms with Gasteiger partial charge < -0.3 is 16.0 Å². The minimum absolute atomic E-state index is 0.130. The van der Waals surface area contributed by atoms with Crippen LogP contribution >= 0.6 is 0 Å². The zero-order chi connectivity index (χ0) is 22.6. The van der Waals surface area contributed by atoms with Crippen LogP contribution in [0.25, 0.3) is 0 Å². The molecule has 1 atom stereocenters. The summed E-state index contributed by atoms with van der Waals surface area (Å²) in [7, 11) is 0. The average Bonchev–Trinajstić information content (AvgIpc) is 2.78. The monoisotopic (exact) mass is 419 g/mol. The van der Waals surface area contributed by atoms with Gasteiger partial charge in [0.2, 0.25) is 0 Å². The molecular formula is C25H33N5O. The molecule has 1 aromatic heterocycles. The Morgan fingerprint density at radius 2 is 2.10 bits per heavy atom. The molecule has 3 N–H and O–H groups in total. The lowest BCUT2D eigenvalue weighted by molar-refractivity contribution is 0.252. The number of carbonyl (C=O) groups excluding carboxylic acids is 1. The van der Waals surface area contributed by atoms with Crippen molar-refractivity contribution < 1.29 is 4.79 Å². The molecule has 0 radical (unpaired) electrons. The molecule has 0 fully saturated rings. The number of hydrogen-bond donors (Lipinski definition) is 3. The Morgan fingerprint density at radius 3 is 2.68 bits per heavy atom. The molecule has 0 saturated heterocycles. The number of rotatable bonds is 10. The number of allylic oxidation sites excluding steroid dienone is 2. The van der Waals surface area contributed by atoms with Gasteiger partial charge >= 0.3 is 6.03 Å². The first-order chi connectivity index (χ1) is 15.0. The summed E-state index contributed by atoms with van der Waals surface area (Å²) in [5, 5.41) is 9.14. The van der Waals surface area contributed by atoms with Crippen molar-refractivity contribution in [2.75, 3.05) is 11.9 Å². The largest absolute Gasteiger partial charge is 0.363 e. The van der Waals surface area contributed by atoms with Gasteiger partial charge in [0.15, 0.2) is 0 Å². The molecule has 2 aromatic rings. The third-order valence-electron chi connectivity index (χ3n) is 4.80. The Bertz CT molecular complexity index is 934. The van der Waals surface area contributed by atoms with E-state index in [2.05, 4.69) is 40.5 Å². The highest BCUT2D eigenvalue weighted by Gasteiger charge is 2.12. The van der Waals surface area contributed by atoms with Gasteiger partial charge in [-0.15, -0.1) is 0 Å². The maximum atomic E-state index is 11.8. The number of aliphatic imine (C=N–C) groups is 1. The predicted octanol–water partition coefficient (Wildman–Crippen LogP) is 5.50. The maximum absolute atomic E-state index is 11.8. The smallest absolute Gasteiger partial charge is 0.319 e. The second-order valence-electron chi connectivity index (χ2n) is 7.16. The van der Waals surface area contributed by atoms with Gasteiger partial charge in [0, 0.05) is 30.2 Å². The standard InChI is InChI=1S/C25H33N5O/c1-6-11-23(20-12-10-15-26-17-20)29-24(8-3)28-21(7-2)19-13-14-22(18(5)16-19)30-25(31)27-9-4/h7-8,10,12-17,23,29H,2,6,9,11H2,1,3-5H3,(H2,27,30,31)/b24-8+,28-21+. The molecule has 2 rings (SSSR count). The number of hydrogen-bond acceptors (Lipinski definition) is 4.